The summed E-state index contributed by atoms with van der Waals surface area (Å²) in [4.78, 5) is 25.0. The van der Waals surface area contributed by atoms with Crippen molar-refractivity contribution in [1.29, 1.82) is 0 Å². The molecule has 1 aliphatic carbocycles. The molecule has 0 spiro atoms. The lowest BCUT2D eigenvalue weighted by atomic mass is 9.79. The van der Waals surface area contributed by atoms with Crippen LogP contribution in [0.15, 0.2) is 72.3 Å². The Morgan fingerprint density at radius 3 is 2.29 bits per heavy atom. The van der Waals surface area contributed by atoms with Crippen molar-refractivity contribution in [3.8, 4) is 0 Å². The van der Waals surface area contributed by atoms with E-state index in [1.807, 2.05) is 73.7 Å². The van der Waals surface area contributed by atoms with Gasteiger partial charge in [0.15, 0.2) is 5.78 Å². The number of ether oxygens (including phenoxy) is 1. The Balaban J connectivity index is 1.61. The van der Waals surface area contributed by atoms with Gasteiger partial charge in [0.1, 0.15) is 6.61 Å². The van der Waals surface area contributed by atoms with Crippen molar-refractivity contribution >= 4 is 11.8 Å². The minimum atomic E-state index is -0.567. The van der Waals surface area contributed by atoms with Crippen LogP contribution in [0, 0.1) is 5.41 Å². The van der Waals surface area contributed by atoms with Gasteiger partial charge in [0.25, 0.3) is 0 Å². The minimum Gasteiger partial charge on any atom is -0.457 e. The lowest BCUT2D eigenvalue weighted by Crippen LogP contribution is -2.26. The first kappa shape index (κ1) is 16.2. The Morgan fingerprint density at radius 2 is 1.62 bits per heavy atom. The summed E-state index contributed by atoms with van der Waals surface area (Å²) in [5, 5.41) is 0. The summed E-state index contributed by atoms with van der Waals surface area (Å²) >= 11 is 0. The van der Waals surface area contributed by atoms with Crippen molar-refractivity contribution in [2.75, 3.05) is 0 Å². The van der Waals surface area contributed by atoms with E-state index in [-0.39, 0.29) is 18.4 Å². The lowest BCUT2D eigenvalue weighted by molar-refractivity contribution is -0.140. The number of carbonyl (C=O) groups is 2. The van der Waals surface area contributed by atoms with Gasteiger partial charge in [0.05, 0.1) is 0 Å². The van der Waals surface area contributed by atoms with Crippen LogP contribution in [-0.2, 0) is 16.1 Å². The molecule has 24 heavy (non-hydrogen) atoms. The molecule has 0 N–H and O–H groups in total. The summed E-state index contributed by atoms with van der Waals surface area (Å²) in [5.41, 5.74) is 1.67. The second-order valence-electron chi connectivity index (χ2n) is 6.43. The van der Waals surface area contributed by atoms with E-state index < -0.39 is 5.41 Å². The van der Waals surface area contributed by atoms with Crippen LogP contribution < -0.4 is 0 Å². The molecule has 2 aromatic rings. The van der Waals surface area contributed by atoms with Crippen LogP contribution in [0.5, 0.6) is 0 Å². The predicted octanol–water partition coefficient (Wildman–Crippen LogP) is 4.34. The number of hydrogen-bond donors (Lipinski definition) is 0. The molecular formula is C21H20O3. The molecule has 0 bridgehead atoms. The molecule has 0 aliphatic heterocycles. The largest absolute Gasteiger partial charge is 0.457 e. The second-order valence-corrected chi connectivity index (χ2v) is 6.43. The van der Waals surface area contributed by atoms with Crippen molar-refractivity contribution in [2.24, 2.45) is 5.41 Å². The molecule has 0 fully saturated rings. The van der Waals surface area contributed by atoms with Crippen molar-refractivity contribution in [1.82, 2.24) is 0 Å². The number of benzene rings is 2. The fourth-order valence-electron chi connectivity index (χ4n) is 3.00. The molecule has 3 rings (SSSR count). The summed E-state index contributed by atoms with van der Waals surface area (Å²) in [6.45, 7) is 2.16. The van der Waals surface area contributed by atoms with Crippen LogP contribution >= 0.6 is 0 Å². The molecule has 2 aromatic carbocycles. The van der Waals surface area contributed by atoms with Gasteiger partial charge >= 0.3 is 5.97 Å². The molecule has 3 heteroatoms. The zero-order chi connectivity index (χ0) is 17.0. The molecule has 1 atom stereocenters. The van der Waals surface area contributed by atoms with Gasteiger partial charge in [-0.2, -0.15) is 0 Å². The van der Waals surface area contributed by atoms with Crippen LogP contribution in [0.3, 0.4) is 0 Å². The molecule has 0 heterocycles. The Morgan fingerprint density at radius 1 is 1.00 bits per heavy atom. The van der Waals surface area contributed by atoms with Gasteiger partial charge in [-0.25, -0.2) is 4.79 Å². The summed E-state index contributed by atoms with van der Waals surface area (Å²) in [5.74, 6) is -0.256. The fourth-order valence-corrected chi connectivity index (χ4v) is 3.00. The Labute approximate surface area is 142 Å². The highest BCUT2D eigenvalue weighted by atomic mass is 16.5. The van der Waals surface area contributed by atoms with E-state index in [4.69, 9.17) is 4.74 Å². The van der Waals surface area contributed by atoms with Crippen LogP contribution in [0.4, 0.5) is 0 Å². The quantitative estimate of drug-likeness (QED) is 0.608. The summed E-state index contributed by atoms with van der Waals surface area (Å²) in [7, 11) is 0. The van der Waals surface area contributed by atoms with Crippen LogP contribution in [0.1, 0.15) is 35.7 Å². The molecule has 0 aromatic heterocycles. The Hall–Kier alpha value is -2.68. The Bertz CT molecular complexity index is 762. The van der Waals surface area contributed by atoms with Gasteiger partial charge in [-0.3, -0.25) is 4.79 Å². The van der Waals surface area contributed by atoms with Gasteiger partial charge in [0, 0.05) is 16.6 Å². The third kappa shape index (κ3) is 3.46. The summed E-state index contributed by atoms with van der Waals surface area (Å²) in [6, 6.07) is 18.8. The maximum absolute atomic E-state index is 12.7. The van der Waals surface area contributed by atoms with E-state index in [2.05, 4.69) is 0 Å². The molecule has 0 saturated heterocycles. The number of esters is 1. The van der Waals surface area contributed by atoms with Gasteiger partial charge in [0.2, 0.25) is 0 Å². The molecule has 0 amide bonds. The third-order valence-corrected chi connectivity index (χ3v) is 4.44. The van der Waals surface area contributed by atoms with Gasteiger partial charge in [-0.15, -0.1) is 0 Å². The zero-order valence-corrected chi connectivity index (χ0v) is 13.7. The predicted molar refractivity (Wildman–Crippen MR) is 92.4 cm³/mol. The number of carbonyl (C=O) groups excluding carboxylic acids is 2. The standard InChI is InChI=1S/C21H20O3/c1-21(19(22)17-10-6-3-7-11-17)13-12-18(14-21)20(23)24-15-16-8-4-2-5-9-16/h2-12H,13-15H2,1H3/t21-/m1/s1. The highest BCUT2D eigenvalue weighted by Crippen LogP contribution is 2.40. The van der Waals surface area contributed by atoms with E-state index in [0.717, 1.165) is 5.56 Å². The molecule has 122 valence electrons. The zero-order valence-electron chi connectivity index (χ0n) is 13.7. The molecule has 0 radical (unpaired) electrons. The lowest BCUT2D eigenvalue weighted by Gasteiger charge is -2.22. The third-order valence-electron chi connectivity index (χ3n) is 4.44. The normalized spacial score (nSPS) is 19.6. The molecule has 1 aliphatic rings. The van der Waals surface area contributed by atoms with Crippen LogP contribution in [-0.4, -0.2) is 11.8 Å². The molecule has 0 saturated carbocycles. The SMILES string of the molecule is C[C@@]1(C(=O)c2ccccc2)CC=C(C(=O)OCc2ccccc2)C1. The van der Waals surface area contributed by atoms with Crippen molar-refractivity contribution < 1.29 is 14.3 Å². The monoisotopic (exact) mass is 320 g/mol. The van der Waals surface area contributed by atoms with Crippen LogP contribution in [0.25, 0.3) is 0 Å². The first-order valence-corrected chi connectivity index (χ1v) is 8.08. The number of rotatable bonds is 5. The number of ketones is 1. The van der Waals surface area contributed by atoms with Crippen molar-refractivity contribution in [2.45, 2.75) is 26.4 Å². The first-order chi connectivity index (χ1) is 11.6. The molecule has 3 nitrogen and oxygen atoms in total. The smallest absolute Gasteiger partial charge is 0.334 e. The van der Waals surface area contributed by atoms with Gasteiger partial charge in [-0.05, 0) is 18.4 Å². The number of allylic oxidation sites excluding steroid dienone is 1. The van der Waals surface area contributed by atoms with E-state index in [1.54, 1.807) is 0 Å². The first-order valence-electron chi connectivity index (χ1n) is 8.08. The average Bonchev–Trinajstić information content (AvgIpc) is 3.04. The van der Waals surface area contributed by atoms with Crippen LogP contribution in [0.2, 0.25) is 0 Å². The highest BCUT2D eigenvalue weighted by Gasteiger charge is 2.39. The van der Waals surface area contributed by atoms with E-state index in [0.29, 0.717) is 24.0 Å². The summed E-state index contributed by atoms with van der Waals surface area (Å²) < 4.78 is 5.37. The topological polar surface area (TPSA) is 43.4 Å². The van der Waals surface area contributed by atoms with Gasteiger partial charge in [-0.1, -0.05) is 73.7 Å². The number of hydrogen-bond acceptors (Lipinski definition) is 3. The summed E-state index contributed by atoms with van der Waals surface area (Å²) in [6.07, 6.45) is 2.83. The number of Topliss-reactive ketones (excluding diaryl/α,β-unsaturated/α-hetero) is 1. The second kappa shape index (κ2) is 6.83. The maximum atomic E-state index is 12.7. The minimum absolute atomic E-state index is 0.0743. The molecule has 0 unspecified atom stereocenters. The maximum Gasteiger partial charge on any atom is 0.334 e. The Kier molecular flexibility index (Phi) is 4.61. The van der Waals surface area contributed by atoms with Gasteiger partial charge < -0.3 is 4.74 Å². The fraction of sp³-hybridized carbons (Fsp3) is 0.238. The van der Waals surface area contributed by atoms with Crippen molar-refractivity contribution in [3.63, 3.8) is 0 Å². The van der Waals surface area contributed by atoms with E-state index in [1.165, 1.54) is 0 Å². The molecular weight excluding hydrogens is 300 g/mol. The highest BCUT2D eigenvalue weighted by molar-refractivity contribution is 6.02. The average molecular weight is 320 g/mol. The van der Waals surface area contributed by atoms with Crippen molar-refractivity contribution in [3.05, 3.63) is 83.4 Å². The van der Waals surface area contributed by atoms with E-state index in [9.17, 15) is 9.59 Å². The van der Waals surface area contributed by atoms with E-state index >= 15 is 0 Å².